The Bertz CT molecular complexity index is 1980. The van der Waals surface area contributed by atoms with Gasteiger partial charge >= 0.3 is 0 Å². The molecule has 0 radical (unpaired) electrons. The molecule has 0 spiro atoms. The zero-order valence-electron chi connectivity index (χ0n) is 31.2. The van der Waals surface area contributed by atoms with Gasteiger partial charge in [0.25, 0.3) is 0 Å². The first-order chi connectivity index (χ1) is 26.7. The number of aromatic amines is 1. The summed E-state index contributed by atoms with van der Waals surface area (Å²) in [6.07, 6.45) is 5.64. The number of carbonyl (C=O) groups is 3. The van der Waals surface area contributed by atoms with Crippen LogP contribution in [0.2, 0.25) is 0 Å². The zero-order valence-corrected chi connectivity index (χ0v) is 31.2. The maximum atomic E-state index is 14.6. The van der Waals surface area contributed by atoms with Crippen LogP contribution in [0.3, 0.4) is 0 Å². The van der Waals surface area contributed by atoms with Crippen molar-refractivity contribution in [1.82, 2.24) is 36.1 Å². The van der Waals surface area contributed by atoms with Gasteiger partial charge in [0.05, 0.1) is 18.1 Å². The molecule has 55 heavy (non-hydrogen) atoms. The summed E-state index contributed by atoms with van der Waals surface area (Å²) < 4.78 is 0. The van der Waals surface area contributed by atoms with Gasteiger partial charge in [0.2, 0.25) is 17.7 Å². The molecule has 2 heterocycles. The molecule has 1 aliphatic rings. The van der Waals surface area contributed by atoms with E-state index in [2.05, 4.69) is 85.8 Å². The van der Waals surface area contributed by atoms with E-state index in [4.69, 9.17) is 11.1 Å². The molecule has 12 nitrogen and oxygen atoms in total. The normalized spacial score (nSPS) is 17.0. The molecule has 286 valence electrons. The van der Waals surface area contributed by atoms with Crippen molar-refractivity contribution in [2.75, 3.05) is 19.6 Å². The monoisotopic (exact) mass is 741 g/mol. The molecule has 5 aromatic rings. The predicted octanol–water partition coefficient (Wildman–Crippen LogP) is 3.99. The minimum absolute atomic E-state index is 0.00683. The highest BCUT2D eigenvalue weighted by Gasteiger charge is 2.37. The molecule has 1 saturated heterocycles. The fourth-order valence-corrected chi connectivity index (χ4v) is 7.53. The van der Waals surface area contributed by atoms with E-state index in [9.17, 15) is 14.4 Å². The van der Waals surface area contributed by atoms with Crippen molar-refractivity contribution < 1.29 is 14.4 Å². The first-order valence-corrected chi connectivity index (χ1v) is 19.0. The van der Waals surface area contributed by atoms with E-state index in [1.54, 1.807) is 12.5 Å². The summed E-state index contributed by atoms with van der Waals surface area (Å²) in [6.45, 7) is 2.81. The lowest BCUT2D eigenvalue weighted by Crippen LogP contribution is -2.58. The molecule has 6 rings (SSSR count). The molecule has 0 bridgehead atoms. The number of fused-ring (bicyclic) bond motifs is 1. The van der Waals surface area contributed by atoms with Gasteiger partial charge in [0.15, 0.2) is 5.96 Å². The number of amides is 3. The van der Waals surface area contributed by atoms with Crippen molar-refractivity contribution >= 4 is 34.5 Å². The molecular weight excluding hydrogens is 691 g/mol. The van der Waals surface area contributed by atoms with Gasteiger partial charge in [-0.25, -0.2) is 4.98 Å². The molecule has 4 aromatic carbocycles. The van der Waals surface area contributed by atoms with E-state index in [0.29, 0.717) is 51.0 Å². The Morgan fingerprint density at radius 2 is 1.62 bits per heavy atom. The second-order valence-corrected chi connectivity index (χ2v) is 14.3. The van der Waals surface area contributed by atoms with Crippen LogP contribution in [0.1, 0.15) is 54.5 Å². The predicted molar refractivity (Wildman–Crippen MR) is 215 cm³/mol. The number of hydrogen-bond donors (Lipinski definition) is 7. The number of carbonyl (C=O) groups excluding carboxylic acids is 3. The number of aromatic nitrogens is 2. The number of guanidine groups is 1. The highest BCUT2D eigenvalue weighted by atomic mass is 16.2. The summed E-state index contributed by atoms with van der Waals surface area (Å²) in [6, 6.07) is 32.9. The molecule has 3 amide bonds. The summed E-state index contributed by atoms with van der Waals surface area (Å²) in [5.41, 5.74) is 9.51. The number of rotatable bonds is 16. The minimum Gasteiger partial charge on any atom is -0.370 e. The number of nitrogens with zero attached hydrogens (tertiary/aromatic N) is 2. The quantitative estimate of drug-likeness (QED) is 0.0454. The lowest BCUT2D eigenvalue weighted by Gasteiger charge is -2.31. The number of nitrogens with two attached hydrogens (primary N) is 1. The van der Waals surface area contributed by atoms with E-state index < -0.39 is 18.1 Å². The number of benzene rings is 4. The molecule has 1 aromatic heterocycles. The average molecular weight is 742 g/mol. The minimum atomic E-state index is -0.852. The molecule has 1 aliphatic heterocycles. The van der Waals surface area contributed by atoms with Gasteiger partial charge < -0.3 is 36.9 Å². The maximum absolute atomic E-state index is 14.6. The Morgan fingerprint density at radius 1 is 0.927 bits per heavy atom. The molecule has 1 fully saturated rings. The third kappa shape index (κ3) is 10.8. The van der Waals surface area contributed by atoms with Gasteiger partial charge in [-0.2, -0.15) is 0 Å². The topological polar surface area (TPSA) is 181 Å². The van der Waals surface area contributed by atoms with Crippen LogP contribution in [0.25, 0.3) is 10.8 Å². The van der Waals surface area contributed by atoms with Gasteiger partial charge in [0.1, 0.15) is 6.04 Å². The van der Waals surface area contributed by atoms with E-state index in [1.807, 2.05) is 53.4 Å². The fraction of sp³-hybridized carbons (Fsp3) is 0.326. The summed E-state index contributed by atoms with van der Waals surface area (Å²) in [5, 5.41) is 22.5. The van der Waals surface area contributed by atoms with Crippen molar-refractivity contribution in [2.45, 2.75) is 69.1 Å². The van der Waals surface area contributed by atoms with Crippen molar-refractivity contribution in [2.24, 2.45) is 5.73 Å². The zero-order chi connectivity index (χ0) is 38.6. The molecule has 0 aliphatic carbocycles. The summed E-state index contributed by atoms with van der Waals surface area (Å²) in [7, 11) is 0. The standard InChI is InChI=1S/C43H51N9O3/c1-29(53)49-40(25-35-26-46-28-48-35)41(54)51-39(24-30-18-19-31-11-8-9-16-34(31)23-30)37-20-22-52(42(55)38(50-37)17-10-21-47-43(44)45)27-36(32-12-4-2-5-13-32)33-14-6-3-7-15-33/h2-9,11-16,18-19,23,26,28,36-40,50H,10,17,20-22,24-25,27H2,1H3,(H,46,48)(H,49,53)(H,51,54)(H4,44,45,47)/t37-,38-,39+,40?/m0/s1. The van der Waals surface area contributed by atoms with Gasteiger partial charge in [-0.15, -0.1) is 0 Å². The van der Waals surface area contributed by atoms with E-state index >= 15 is 0 Å². The highest BCUT2D eigenvalue weighted by Crippen LogP contribution is 2.28. The Hall–Kier alpha value is -6.01. The Morgan fingerprint density at radius 3 is 2.27 bits per heavy atom. The number of hydrogen-bond acceptors (Lipinski definition) is 6. The van der Waals surface area contributed by atoms with Crippen LogP contribution in [0.15, 0.2) is 116 Å². The van der Waals surface area contributed by atoms with Crippen molar-refractivity contribution in [3.05, 3.63) is 138 Å². The number of nitrogens with one attached hydrogen (secondary N) is 6. The average Bonchev–Trinajstić information content (AvgIpc) is 3.65. The smallest absolute Gasteiger partial charge is 0.243 e. The highest BCUT2D eigenvalue weighted by molar-refractivity contribution is 5.87. The molecule has 8 N–H and O–H groups in total. The van der Waals surface area contributed by atoms with Crippen molar-refractivity contribution in [3.63, 3.8) is 0 Å². The van der Waals surface area contributed by atoms with Gasteiger partial charge in [0, 0.05) is 57.2 Å². The molecule has 1 unspecified atom stereocenters. The van der Waals surface area contributed by atoms with E-state index in [0.717, 1.165) is 27.5 Å². The van der Waals surface area contributed by atoms with Crippen LogP contribution in [0, 0.1) is 5.41 Å². The second-order valence-electron chi connectivity index (χ2n) is 14.3. The SMILES string of the molecule is CC(=O)NC(Cc1c[nH]cn1)C(=O)N[C@H](Cc1ccc2ccccc2c1)[C@@H]1CCN(CC(c2ccccc2)c2ccccc2)C(=O)[C@H](CCCNC(=N)N)N1. The van der Waals surface area contributed by atoms with Crippen LogP contribution >= 0.6 is 0 Å². The second kappa shape index (κ2) is 18.8. The largest absolute Gasteiger partial charge is 0.370 e. The molecule has 12 heteroatoms. The van der Waals surface area contributed by atoms with Gasteiger partial charge in [-0.3, -0.25) is 19.8 Å². The summed E-state index contributed by atoms with van der Waals surface area (Å²) >= 11 is 0. The third-order valence-corrected chi connectivity index (χ3v) is 10.3. The maximum Gasteiger partial charge on any atom is 0.243 e. The lowest BCUT2D eigenvalue weighted by molar-refractivity contribution is -0.133. The first-order valence-electron chi connectivity index (χ1n) is 19.0. The molecular formula is C43H51N9O3. The van der Waals surface area contributed by atoms with Crippen LogP contribution in [0.5, 0.6) is 0 Å². The van der Waals surface area contributed by atoms with E-state index in [1.165, 1.54) is 6.92 Å². The number of imidazole rings is 1. The summed E-state index contributed by atoms with van der Waals surface area (Å²) in [5.74, 6) is -0.811. The Kier molecular flexibility index (Phi) is 13.3. The third-order valence-electron chi connectivity index (χ3n) is 10.3. The van der Waals surface area contributed by atoms with Crippen LogP contribution < -0.4 is 27.0 Å². The Balaban J connectivity index is 1.32. The first kappa shape index (κ1) is 38.7. The van der Waals surface area contributed by atoms with Crippen LogP contribution in [-0.4, -0.2) is 82.4 Å². The van der Waals surface area contributed by atoms with Gasteiger partial charge in [-0.05, 0) is 53.1 Å². The van der Waals surface area contributed by atoms with Crippen LogP contribution in [0.4, 0.5) is 0 Å². The Labute approximate surface area is 322 Å². The summed E-state index contributed by atoms with van der Waals surface area (Å²) in [4.78, 5) is 50.3. The molecule has 4 atom stereocenters. The lowest BCUT2D eigenvalue weighted by atomic mass is 9.90. The fourth-order valence-electron chi connectivity index (χ4n) is 7.53. The number of H-pyrrole nitrogens is 1. The van der Waals surface area contributed by atoms with Crippen molar-refractivity contribution in [1.29, 1.82) is 5.41 Å². The van der Waals surface area contributed by atoms with Gasteiger partial charge in [-0.1, -0.05) is 103 Å². The van der Waals surface area contributed by atoms with Crippen molar-refractivity contribution in [3.8, 4) is 0 Å². The molecule has 0 saturated carbocycles. The van der Waals surface area contributed by atoms with Crippen LogP contribution in [-0.2, 0) is 27.2 Å². The van der Waals surface area contributed by atoms with E-state index in [-0.39, 0.29) is 42.1 Å².